The number of benzene rings is 1. The van der Waals surface area contributed by atoms with Crippen molar-refractivity contribution < 1.29 is 0 Å². The average Bonchev–Trinajstić information content (AvgIpc) is 2.98. The Bertz CT molecular complexity index is 553. The van der Waals surface area contributed by atoms with Gasteiger partial charge in [0.15, 0.2) is 0 Å². The summed E-state index contributed by atoms with van der Waals surface area (Å²) in [5, 5.41) is 2.05. The second-order valence-electron chi connectivity index (χ2n) is 5.32. The monoisotopic (exact) mass is 262 g/mol. The number of hydrogen-bond donors (Lipinski definition) is 1. The summed E-state index contributed by atoms with van der Waals surface area (Å²) < 4.78 is 2.35. The number of hydrogen-bond acceptors (Lipinski definition) is 1. The highest BCUT2D eigenvalue weighted by molar-refractivity contribution is 6.31. The van der Waals surface area contributed by atoms with Crippen LogP contribution in [0.4, 0.5) is 0 Å². The Balaban J connectivity index is 2.01. The quantitative estimate of drug-likeness (QED) is 0.892. The fourth-order valence-corrected chi connectivity index (χ4v) is 3.29. The minimum absolute atomic E-state index is 0.593. The van der Waals surface area contributed by atoms with E-state index in [0.29, 0.717) is 6.54 Å². The molecular weight excluding hydrogens is 244 g/mol. The molecule has 18 heavy (non-hydrogen) atoms. The van der Waals surface area contributed by atoms with Crippen LogP contribution in [0.2, 0.25) is 5.02 Å². The van der Waals surface area contributed by atoms with Gasteiger partial charge in [0.25, 0.3) is 0 Å². The minimum Gasteiger partial charge on any atom is -0.347 e. The van der Waals surface area contributed by atoms with Crippen LogP contribution in [-0.2, 0) is 13.1 Å². The van der Waals surface area contributed by atoms with Crippen molar-refractivity contribution >= 4 is 22.5 Å². The summed E-state index contributed by atoms with van der Waals surface area (Å²) in [5.41, 5.74) is 8.28. The first-order chi connectivity index (χ1) is 8.78. The van der Waals surface area contributed by atoms with Crippen LogP contribution in [0.5, 0.6) is 0 Å². The SMILES string of the molecule is NCc1cn(CC2CCCC2)c2cc(Cl)ccc12. The van der Waals surface area contributed by atoms with Gasteiger partial charge in [0.1, 0.15) is 0 Å². The van der Waals surface area contributed by atoms with Crippen LogP contribution >= 0.6 is 11.6 Å². The van der Waals surface area contributed by atoms with Gasteiger partial charge in [-0.3, -0.25) is 0 Å². The first-order valence-electron chi connectivity index (χ1n) is 6.75. The Morgan fingerprint density at radius 3 is 2.78 bits per heavy atom. The van der Waals surface area contributed by atoms with Gasteiger partial charge in [-0.25, -0.2) is 0 Å². The van der Waals surface area contributed by atoms with Crippen LogP contribution in [0, 0.1) is 5.92 Å². The molecule has 1 aliphatic carbocycles. The molecule has 0 atom stereocenters. The van der Waals surface area contributed by atoms with Gasteiger partial charge < -0.3 is 10.3 Å². The van der Waals surface area contributed by atoms with Crippen LogP contribution in [0.25, 0.3) is 10.9 Å². The van der Waals surface area contributed by atoms with Crippen molar-refractivity contribution in [3.05, 3.63) is 35.0 Å². The average molecular weight is 263 g/mol. The normalized spacial score (nSPS) is 16.8. The standard InChI is InChI=1S/C15H19ClN2/c16-13-5-6-14-12(8-17)10-18(15(14)7-13)9-11-3-1-2-4-11/h5-7,10-11H,1-4,8-9,17H2. The van der Waals surface area contributed by atoms with E-state index in [1.165, 1.54) is 42.1 Å². The zero-order chi connectivity index (χ0) is 12.5. The maximum absolute atomic E-state index is 6.12. The smallest absolute Gasteiger partial charge is 0.0498 e. The van der Waals surface area contributed by atoms with Gasteiger partial charge >= 0.3 is 0 Å². The van der Waals surface area contributed by atoms with E-state index in [-0.39, 0.29) is 0 Å². The first kappa shape index (κ1) is 12.1. The van der Waals surface area contributed by atoms with Crippen LogP contribution < -0.4 is 5.73 Å². The lowest BCUT2D eigenvalue weighted by molar-refractivity contribution is 0.465. The van der Waals surface area contributed by atoms with E-state index in [1.807, 2.05) is 6.07 Å². The van der Waals surface area contributed by atoms with Crippen LogP contribution in [0.1, 0.15) is 31.2 Å². The molecule has 2 N–H and O–H groups in total. The highest BCUT2D eigenvalue weighted by Gasteiger charge is 2.17. The molecule has 0 radical (unpaired) electrons. The summed E-state index contributed by atoms with van der Waals surface area (Å²) in [5.74, 6) is 0.824. The third kappa shape index (κ3) is 2.15. The highest BCUT2D eigenvalue weighted by Crippen LogP contribution is 2.30. The number of nitrogens with zero attached hydrogens (tertiary/aromatic N) is 1. The minimum atomic E-state index is 0.593. The molecule has 0 saturated heterocycles. The molecule has 0 aliphatic heterocycles. The van der Waals surface area contributed by atoms with Gasteiger partial charge in [0.2, 0.25) is 0 Å². The van der Waals surface area contributed by atoms with Crippen LogP contribution in [-0.4, -0.2) is 4.57 Å². The third-order valence-corrected chi connectivity index (χ3v) is 4.31. The van der Waals surface area contributed by atoms with Crippen molar-refractivity contribution in [1.82, 2.24) is 4.57 Å². The second kappa shape index (κ2) is 4.94. The first-order valence-corrected chi connectivity index (χ1v) is 7.13. The van der Waals surface area contributed by atoms with Crippen molar-refractivity contribution in [3.63, 3.8) is 0 Å². The summed E-state index contributed by atoms with van der Waals surface area (Å²) in [6.45, 7) is 1.70. The Morgan fingerprint density at radius 2 is 2.06 bits per heavy atom. The van der Waals surface area contributed by atoms with Crippen LogP contribution in [0.15, 0.2) is 24.4 Å². The molecule has 0 bridgehead atoms. The van der Waals surface area contributed by atoms with Crippen LogP contribution in [0.3, 0.4) is 0 Å². The topological polar surface area (TPSA) is 30.9 Å². The van der Waals surface area contributed by atoms with E-state index in [1.54, 1.807) is 0 Å². The van der Waals surface area contributed by atoms with E-state index in [4.69, 9.17) is 17.3 Å². The summed E-state index contributed by atoms with van der Waals surface area (Å²) >= 11 is 6.12. The molecule has 1 aromatic carbocycles. The summed E-state index contributed by atoms with van der Waals surface area (Å²) in [4.78, 5) is 0. The Hall–Kier alpha value is -0.990. The molecule has 2 aromatic rings. The fraction of sp³-hybridized carbons (Fsp3) is 0.467. The van der Waals surface area contributed by atoms with E-state index >= 15 is 0 Å². The van der Waals surface area contributed by atoms with Crippen molar-refractivity contribution in [2.24, 2.45) is 11.7 Å². The van der Waals surface area contributed by atoms with Gasteiger partial charge in [-0.15, -0.1) is 0 Å². The van der Waals surface area contributed by atoms with E-state index in [0.717, 1.165) is 17.5 Å². The number of halogens is 1. The molecular formula is C15H19ClN2. The summed E-state index contributed by atoms with van der Waals surface area (Å²) in [7, 11) is 0. The van der Waals surface area contributed by atoms with Gasteiger partial charge in [0, 0.05) is 35.2 Å². The predicted molar refractivity (Wildman–Crippen MR) is 76.8 cm³/mol. The maximum atomic E-state index is 6.12. The maximum Gasteiger partial charge on any atom is 0.0498 e. The molecule has 3 rings (SSSR count). The van der Waals surface area contributed by atoms with E-state index in [9.17, 15) is 0 Å². The van der Waals surface area contributed by atoms with E-state index in [2.05, 4.69) is 22.9 Å². The van der Waals surface area contributed by atoms with Gasteiger partial charge in [0.05, 0.1) is 0 Å². The van der Waals surface area contributed by atoms with Crippen molar-refractivity contribution in [2.45, 2.75) is 38.8 Å². The molecule has 0 spiro atoms. The second-order valence-corrected chi connectivity index (χ2v) is 5.76. The zero-order valence-electron chi connectivity index (χ0n) is 10.5. The van der Waals surface area contributed by atoms with E-state index < -0.39 is 0 Å². The molecule has 1 aliphatic rings. The van der Waals surface area contributed by atoms with Gasteiger partial charge in [-0.2, -0.15) is 0 Å². The molecule has 0 amide bonds. The van der Waals surface area contributed by atoms with Gasteiger partial charge in [-0.05, 0) is 36.5 Å². The number of rotatable bonds is 3. The summed E-state index contributed by atoms with van der Waals surface area (Å²) in [6.07, 6.45) is 7.69. The number of nitrogens with two attached hydrogens (primary N) is 1. The highest BCUT2D eigenvalue weighted by atomic mass is 35.5. The molecule has 1 saturated carbocycles. The third-order valence-electron chi connectivity index (χ3n) is 4.08. The predicted octanol–water partition coefficient (Wildman–Crippen LogP) is 3.94. The van der Waals surface area contributed by atoms with Crippen molar-refractivity contribution in [2.75, 3.05) is 0 Å². The molecule has 1 aromatic heterocycles. The largest absolute Gasteiger partial charge is 0.347 e. The number of fused-ring (bicyclic) bond motifs is 1. The Labute approximate surface area is 113 Å². The summed E-state index contributed by atoms with van der Waals surface area (Å²) in [6, 6.07) is 6.10. The van der Waals surface area contributed by atoms with Crippen molar-refractivity contribution in [1.29, 1.82) is 0 Å². The lowest BCUT2D eigenvalue weighted by atomic mass is 10.1. The molecule has 96 valence electrons. The number of aromatic nitrogens is 1. The van der Waals surface area contributed by atoms with Crippen molar-refractivity contribution in [3.8, 4) is 0 Å². The molecule has 0 unspecified atom stereocenters. The zero-order valence-corrected chi connectivity index (χ0v) is 11.3. The fourth-order valence-electron chi connectivity index (χ4n) is 3.13. The molecule has 3 heteroatoms. The van der Waals surface area contributed by atoms with Gasteiger partial charge in [-0.1, -0.05) is 30.5 Å². The Kier molecular flexibility index (Phi) is 3.31. The molecule has 2 nitrogen and oxygen atoms in total. The lowest BCUT2D eigenvalue weighted by Crippen LogP contribution is -2.06. The Morgan fingerprint density at radius 1 is 1.28 bits per heavy atom. The molecule has 1 heterocycles. The molecule has 1 fully saturated rings. The lowest BCUT2D eigenvalue weighted by Gasteiger charge is -2.11.